The van der Waals surface area contributed by atoms with Crippen LogP contribution < -0.4 is 10.1 Å². The normalized spacial score (nSPS) is 10.8. The van der Waals surface area contributed by atoms with Crippen molar-refractivity contribution >= 4 is 34.2 Å². The topological polar surface area (TPSA) is 109 Å². The Morgan fingerprint density at radius 3 is 2.42 bits per heavy atom. The van der Waals surface area contributed by atoms with E-state index in [2.05, 4.69) is 24.3 Å². The van der Waals surface area contributed by atoms with Crippen LogP contribution in [0.5, 0.6) is 5.75 Å². The smallest absolute Gasteiger partial charge is 0.348 e. The van der Waals surface area contributed by atoms with Crippen LogP contribution in [0.1, 0.15) is 81.7 Å². The Morgan fingerprint density at radius 2 is 1.78 bits per heavy atom. The van der Waals surface area contributed by atoms with Crippen molar-refractivity contribution in [1.29, 1.82) is 0 Å². The van der Waals surface area contributed by atoms with E-state index in [9.17, 15) is 14.4 Å². The highest BCUT2D eigenvalue weighted by atomic mass is 32.1. The molecule has 0 aliphatic carbocycles. The van der Waals surface area contributed by atoms with Gasteiger partial charge < -0.3 is 19.5 Å². The van der Waals surface area contributed by atoms with Gasteiger partial charge in [0.15, 0.2) is 12.4 Å². The number of benzene rings is 1. The predicted octanol–water partition coefficient (Wildman–Crippen LogP) is 5.41. The number of amides is 1. The Labute approximate surface area is 214 Å². The molecule has 36 heavy (non-hydrogen) atoms. The van der Waals surface area contributed by atoms with Gasteiger partial charge in [-0.2, -0.15) is 5.10 Å². The number of carbonyl (C=O) groups is 3. The first-order chi connectivity index (χ1) is 17.2. The molecule has 0 spiro atoms. The fourth-order valence-electron chi connectivity index (χ4n) is 3.32. The lowest BCUT2D eigenvalue weighted by Gasteiger charge is -2.09. The molecule has 0 atom stereocenters. The van der Waals surface area contributed by atoms with Crippen LogP contribution in [0.25, 0.3) is 0 Å². The van der Waals surface area contributed by atoms with Crippen LogP contribution in [-0.4, -0.2) is 40.8 Å². The molecule has 0 saturated heterocycles. The second-order valence-corrected chi connectivity index (χ2v) is 9.33. The van der Waals surface area contributed by atoms with Gasteiger partial charge in [0.2, 0.25) is 0 Å². The predicted molar refractivity (Wildman–Crippen MR) is 137 cm³/mol. The van der Waals surface area contributed by atoms with E-state index in [0.717, 1.165) is 11.3 Å². The highest BCUT2D eigenvalue weighted by Crippen LogP contribution is 2.34. The zero-order valence-corrected chi connectivity index (χ0v) is 21.9. The molecule has 0 bridgehead atoms. The van der Waals surface area contributed by atoms with Gasteiger partial charge in [-0.25, -0.2) is 14.3 Å². The second-order valence-electron chi connectivity index (χ2n) is 8.31. The molecule has 9 nitrogen and oxygen atoms in total. The van der Waals surface area contributed by atoms with E-state index in [1.165, 1.54) is 10.2 Å². The third-order valence-corrected chi connectivity index (χ3v) is 6.45. The molecule has 0 aliphatic rings. The van der Waals surface area contributed by atoms with Gasteiger partial charge >= 0.3 is 11.9 Å². The van der Waals surface area contributed by atoms with E-state index in [1.807, 2.05) is 31.2 Å². The minimum atomic E-state index is -0.612. The number of thiophene rings is 1. The van der Waals surface area contributed by atoms with E-state index >= 15 is 0 Å². The average Bonchev–Trinajstić information content (AvgIpc) is 3.46. The minimum absolute atomic E-state index is 0.119. The molecule has 3 aromatic rings. The Hall–Kier alpha value is -3.66. The molecule has 0 aliphatic heterocycles. The molecule has 1 N–H and O–H groups in total. The Bertz CT molecular complexity index is 1210. The molecule has 1 aromatic carbocycles. The molecule has 10 heteroatoms. The van der Waals surface area contributed by atoms with Gasteiger partial charge in [0.05, 0.1) is 18.8 Å². The summed E-state index contributed by atoms with van der Waals surface area (Å²) in [6, 6.07) is 9.36. The number of anilines is 1. The largest absolute Gasteiger partial charge is 0.471 e. The number of hydrogen-bond acceptors (Lipinski definition) is 8. The van der Waals surface area contributed by atoms with E-state index in [-0.39, 0.29) is 41.1 Å². The number of hydrogen-bond donors (Lipinski definition) is 1. The summed E-state index contributed by atoms with van der Waals surface area (Å²) in [6.45, 7) is 9.98. The molecule has 2 aromatic heterocycles. The van der Waals surface area contributed by atoms with Crippen LogP contribution >= 0.6 is 11.3 Å². The van der Waals surface area contributed by atoms with Crippen LogP contribution in [0.15, 0.2) is 36.5 Å². The Balaban J connectivity index is 1.73. The van der Waals surface area contributed by atoms with Crippen molar-refractivity contribution in [3.05, 3.63) is 63.8 Å². The summed E-state index contributed by atoms with van der Waals surface area (Å²) in [7, 11) is 0. The van der Waals surface area contributed by atoms with Crippen molar-refractivity contribution in [2.75, 3.05) is 18.5 Å². The third-order valence-electron chi connectivity index (χ3n) is 5.26. The maximum absolute atomic E-state index is 12.9. The van der Waals surface area contributed by atoms with Gasteiger partial charge in [-0.05, 0) is 55.5 Å². The summed E-state index contributed by atoms with van der Waals surface area (Å²) in [4.78, 5) is 38.2. The lowest BCUT2D eigenvalue weighted by molar-refractivity contribution is 0.0506. The number of ether oxygens (including phenoxy) is 3. The van der Waals surface area contributed by atoms with Gasteiger partial charge in [0.25, 0.3) is 5.91 Å². The van der Waals surface area contributed by atoms with E-state index in [1.54, 1.807) is 26.1 Å². The van der Waals surface area contributed by atoms with Crippen LogP contribution in [0, 0.1) is 6.92 Å². The van der Waals surface area contributed by atoms with Gasteiger partial charge in [-0.1, -0.05) is 32.9 Å². The van der Waals surface area contributed by atoms with Crippen molar-refractivity contribution in [2.24, 2.45) is 0 Å². The summed E-state index contributed by atoms with van der Waals surface area (Å²) < 4.78 is 17.6. The first-order valence-electron chi connectivity index (χ1n) is 11.8. The van der Waals surface area contributed by atoms with Crippen LogP contribution in [0.2, 0.25) is 0 Å². The number of nitrogens with one attached hydrogen (secondary N) is 1. The van der Waals surface area contributed by atoms with E-state index in [4.69, 9.17) is 14.2 Å². The van der Waals surface area contributed by atoms with Gasteiger partial charge in [0, 0.05) is 6.20 Å². The van der Waals surface area contributed by atoms with Crippen molar-refractivity contribution in [2.45, 2.75) is 53.7 Å². The molecule has 3 rings (SSSR count). The molecule has 2 heterocycles. The summed E-state index contributed by atoms with van der Waals surface area (Å²) in [5, 5.41) is 7.17. The average molecular weight is 514 g/mol. The van der Waals surface area contributed by atoms with Crippen LogP contribution in [0.4, 0.5) is 5.00 Å². The molecule has 1 amide bonds. The quantitative estimate of drug-likeness (QED) is 0.342. The van der Waals surface area contributed by atoms with Crippen molar-refractivity contribution in [3.63, 3.8) is 0 Å². The number of aromatic nitrogens is 2. The third kappa shape index (κ3) is 6.51. The van der Waals surface area contributed by atoms with Gasteiger partial charge in [-0.15, -0.1) is 11.3 Å². The van der Waals surface area contributed by atoms with Crippen LogP contribution in [-0.2, 0) is 16.2 Å². The number of esters is 2. The van der Waals surface area contributed by atoms with Crippen molar-refractivity contribution in [1.82, 2.24) is 9.78 Å². The summed E-state index contributed by atoms with van der Waals surface area (Å²) in [6.07, 6.45) is 2.26. The van der Waals surface area contributed by atoms with E-state index < -0.39 is 17.8 Å². The summed E-state index contributed by atoms with van der Waals surface area (Å²) >= 11 is 0.970. The molecular weight excluding hydrogens is 482 g/mol. The second kappa shape index (κ2) is 12.3. The van der Waals surface area contributed by atoms with Gasteiger partial charge in [0.1, 0.15) is 15.6 Å². The van der Waals surface area contributed by atoms with E-state index in [0.29, 0.717) is 23.7 Å². The van der Waals surface area contributed by atoms with Crippen molar-refractivity contribution < 1.29 is 28.6 Å². The molecule has 0 saturated carbocycles. The fourth-order valence-corrected chi connectivity index (χ4v) is 4.40. The number of carbonyl (C=O) groups excluding carboxylic acids is 3. The maximum atomic E-state index is 12.9. The zero-order chi connectivity index (χ0) is 26.2. The highest BCUT2D eigenvalue weighted by Gasteiger charge is 2.28. The summed E-state index contributed by atoms with van der Waals surface area (Å²) in [5.41, 5.74) is 1.88. The lowest BCUT2D eigenvalue weighted by Crippen LogP contribution is -2.16. The SMILES string of the molecule is CCCOC(=O)c1c(NC(=O)c2ccn(COc3ccc(C(C)C)cc3)n2)sc(C(=O)OCC)c1C. The maximum Gasteiger partial charge on any atom is 0.348 e. The molecule has 0 radical (unpaired) electrons. The van der Waals surface area contributed by atoms with Crippen LogP contribution in [0.3, 0.4) is 0 Å². The highest BCUT2D eigenvalue weighted by molar-refractivity contribution is 7.18. The lowest BCUT2D eigenvalue weighted by atomic mass is 10.0. The zero-order valence-electron chi connectivity index (χ0n) is 21.1. The molecule has 0 fully saturated rings. The molecule has 192 valence electrons. The fraction of sp³-hybridized carbons (Fsp3) is 0.385. The standard InChI is InChI=1S/C26H31N3O6S/c1-6-14-34-25(31)21-17(5)22(26(32)33-7-2)36-24(21)27-23(30)20-12-13-29(28-20)15-35-19-10-8-18(9-11-19)16(3)4/h8-13,16H,6-7,14-15H2,1-5H3,(H,27,30). The summed E-state index contributed by atoms with van der Waals surface area (Å²) in [5.74, 6) is -0.583. The minimum Gasteiger partial charge on any atom is -0.471 e. The molecule has 0 unspecified atom stereocenters. The van der Waals surface area contributed by atoms with Gasteiger partial charge in [-0.3, -0.25) is 4.79 Å². The monoisotopic (exact) mass is 513 g/mol. The molecular formula is C26H31N3O6S. The first-order valence-corrected chi connectivity index (χ1v) is 12.6. The van der Waals surface area contributed by atoms with Crippen molar-refractivity contribution in [3.8, 4) is 5.75 Å². The first kappa shape index (κ1) is 26.9. The number of nitrogens with zero attached hydrogens (tertiary/aromatic N) is 2. The number of rotatable bonds is 11. The Kier molecular flexibility index (Phi) is 9.24. The Morgan fingerprint density at radius 1 is 1.06 bits per heavy atom.